The van der Waals surface area contributed by atoms with Crippen molar-refractivity contribution >= 4 is 33.2 Å². The Kier molecular flexibility index (Phi) is 5.28. The lowest BCUT2D eigenvalue weighted by atomic mass is 10.3. The molecule has 15 heavy (non-hydrogen) atoms. The zero-order chi connectivity index (χ0) is 11.3. The quantitative estimate of drug-likeness (QED) is 0.876. The van der Waals surface area contributed by atoms with Gasteiger partial charge < -0.3 is 5.11 Å². The van der Waals surface area contributed by atoms with Crippen LogP contribution >= 0.6 is 27.3 Å². The molecule has 0 amide bonds. The lowest BCUT2D eigenvalue weighted by Crippen LogP contribution is -2.25. The monoisotopic (exact) mass is 291 g/mol. The summed E-state index contributed by atoms with van der Waals surface area (Å²) in [6, 6.07) is 2.08. The molecule has 0 aliphatic rings. The minimum absolute atomic E-state index is 0.209. The molecule has 1 rings (SSSR count). The number of hydrogen-bond acceptors (Lipinski definition) is 3. The fourth-order valence-electron chi connectivity index (χ4n) is 1.26. The van der Waals surface area contributed by atoms with E-state index >= 15 is 0 Å². The molecule has 0 aliphatic carbocycles. The van der Waals surface area contributed by atoms with E-state index in [0.29, 0.717) is 6.54 Å². The van der Waals surface area contributed by atoms with E-state index in [1.807, 2.05) is 12.3 Å². The SMILES string of the molecule is CCN(CCC(=O)O)Cc1cc(Br)cs1. The van der Waals surface area contributed by atoms with E-state index in [9.17, 15) is 4.79 Å². The van der Waals surface area contributed by atoms with Crippen LogP contribution in [-0.4, -0.2) is 29.1 Å². The molecule has 1 aromatic heterocycles. The van der Waals surface area contributed by atoms with Crippen LogP contribution in [0, 0.1) is 0 Å². The minimum atomic E-state index is -0.735. The van der Waals surface area contributed by atoms with E-state index < -0.39 is 5.97 Å². The van der Waals surface area contributed by atoms with Gasteiger partial charge in [-0.1, -0.05) is 6.92 Å². The van der Waals surface area contributed by atoms with Crippen molar-refractivity contribution < 1.29 is 9.90 Å². The molecular weight excluding hydrogens is 278 g/mol. The molecule has 0 saturated heterocycles. The molecule has 84 valence electrons. The van der Waals surface area contributed by atoms with Crippen molar-refractivity contribution in [2.75, 3.05) is 13.1 Å². The molecule has 0 aromatic carbocycles. The molecule has 0 atom stereocenters. The number of hydrogen-bond donors (Lipinski definition) is 1. The second-order valence-corrected chi connectivity index (χ2v) is 5.16. The van der Waals surface area contributed by atoms with Crippen molar-refractivity contribution in [2.24, 2.45) is 0 Å². The Morgan fingerprint density at radius 1 is 1.67 bits per heavy atom. The van der Waals surface area contributed by atoms with Crippen molar-refractivity contribution in [2.45, 2.75) is 19.9 Å². The Morgan fingerprint density at radius 2 is 2.40 bits per heavy atom. The van der Waals surface area contributed by atoms with Gasteiger partial charge >= 0.3 is 5.97 Å². The predicted molar refractivity (Wildman–Crippen MR) is 65.2 cm³/mol. The summed E-state index contributed by atoms with van der Waals surface area (Å²) in [4.78, 5) is 13.8. The third kappa shape index (κ3) is 4.77. The molecule has 1 aromatic rings. The maximum atomic E-state index is 10.4. The molecule has 0 aliphatic heterocycles. The maximum absolute atomic E-state index is 10.4. The van der Waals surface area contributed by atoms with E-state index in [1.54, 1.807) is 11.3 Å². The molecule has 5 heteroatoms. The molecule has 1 N–H and O–H groups in total. The summed E-state index contributed by atoms with van der Waals surface area (Å²) < 4.78 is 1.09. The maximum Gasteiger partial charge on any atom is 0.304 e. The topological polar surface area (TPSA) is 40.5 Å². The number of carboxylic acids is 1. The van der Waals surface area contributed by atoms with Gasteiger partial charge in [-0.2, -0.15) is 0 Å². The van der Waals surface area contributed by atoms with Gasteiger partial charge in [-0.05, 0) is 28.5 Å². The summed E-state index contributed by atoms with van der Waals surface area (Å²) in [5.74, 6) is -0.735. The van der Waals surface area contributed by atoms with Crippen molar-refractivity contribution in [1.82, 2.24) is 4.90 Å². The smallest absolute Gasteiger partial charge is 0.304 e. The van der Waals surface area contributed by atoms with E-state index in [1.165, 1.54) is 4.88 Å². The summed E-state index contributed by atoms with van der Waals surface area (Å²) in [5.41, 5.74) is 0. The van der Waals surface area contributed by atoms with Crippen LogP contribution in [0.4, 0.5) is 0 Å². The Hall–Kier alpha value is -0.390. The number of aliphatic carboxylic acids is 1. The van der Waals surface area contributed by atoms with Crippen LogP contribution in [0.5, 0.6) is 0 Å². The van der Waals surface area contributed by atoms with Crippen LogP contribution in [0.25, 0.3) is 0 Å². The van der Waals surface area contributed by atoms with Gasteiger partial charge in [0.05, 0.1) is 6.42 Å². The van der Waals surface area contributed by atoms with Crippen LogP contribution in [0.1, 0.15) is 18.2 Å². The van der Waals surface area contributed by atoms with E-state index in [0.717, 1.165) is 17.6 Å². The number of rotatable bonds is 6. The largest absolute Gasteiger partial charge is 0.481 e. The third-order valence-corrected chi connectivity index (χ3v) is 3.77. The first-order chi connectivity index (χ1) is 7.11. The number of nitrogens with zero attached hydrogens (tertiary/aromatic N) is 1. The Labute approximate surface area is 102 Å². The summed E-state index contributed by atoms with van der Waals surface area (Å²) in [7, 11) is 0. The van der Waals surface area contributed by atoms with Crippen molar-refractivity contribution in [1.29, 1.82) is 0 Å². The summed E-state index contributed by atoms with van der Waals surface area (Å²) in [5, 5.41) is 10.6. The Morgan fingerprint density at radius 3 is 2.87 bits per heavy atom. The molecule has 0 saturated carbocycles. The highest BCUT2D eigenvalue weighted by molar-refractivity contribution is 9.10. The van der Waals surface area contributed by atoms with Crippen LogP contribution in [0.3, 0.4) is 0 Å². The van der Waals surface area contributed by atoms with Crippen LogP contribution in [-0.2, 0) is 11.3 Å². The number of halogens is 1. The molecule has 1 heterocycles. The summed E-state index contributed by atoms with van der Waals surface area (Å²) in [6.45, 7) is 4.37. The highest BCUT2D eigenvalue weighted by Gasteiger charge is 2.07. The van der Waals surface area contributed by atoms with E-state index in [4.69, 9.17) is 5.11 Å². The molecule has 0 unspecified atom stereocenters. The minimum Gasteiger partial charge on any atom is -0.481 e. The normalized spacial score (nSPS) is 10.9. The van der Waals surface area contributed by atoms with Crippen molar-refractivity contribution in [3.8, 4) is 0 Å². The first-order valence-electron chi connectivity index (χ1n) is 4.79. The first kappa shape index (κ1) is 12.7. The average molecular weight is 292 g/mol. The highest BCUT2D eigenvalue weighted by atomic mass is 79.9. The number of carboxylic acid groups (broad SMARTS) is 1. The van der Waals surface area contributed by atoms with Crippen molar-refractivity contribution in [3.05, 3.63) is 20.8 Å². The Balaban J connectivity index is 2.42. The molecule has 0 spiro atoms. The first-order valence-corrected chi connectivity index (χ1v) is 6.46. The van der Waals surface area contributed by atoms with Gasteiger partial charge in [0.2, 0.25) is 0 Å². The van der Waals surface area contributed by atoms with Gasteiger partial charge in [-0.15, -0.1) is 11.3 Å². The van der Waals surface area contributed by atoms with E-state index in [2.05, 4.69) is 26.9 Å². The average Bonchev–Trinajstić information content (AvgIpc) is 2.58. The molecular formula is C10H14BrNO2S. The molecule has 0 bridgehead atoms. The van der Waals surface area contributed by atoms with Gasteiger partial charge in [-0.25, -0.2) is 0 Å². The van der Waals surface area contributed by atoms with Gasteiger partial charge in [-0.3, -0.25) is 9.69 Å². The van der Waals surface area contributed by atoms with Gasteiger partial charge in [0.1, 0.15) is 0 Å². The highest BCUT2D eigenvalue weighted by Crippen LogP contribution is 2.21. The van der Waals surface area contributed by atoms with E-state index in [-0.39, 0.29) is 6.42 Å². The van der Waals surface area contributed by atoms with Gasteiger partial charge in [0.25, 0.3) is 0 Å². The molecule has 0 radical (unpaired) electrons. The van der Waals surface area contributed by atoms with Gasteiger partial charge in [0, 0.05) is 27.8 Å². The second-order valence-electron chi connectivity index (χ2n) is 3.24. The lowest BCUT2D eigenvalue weighted by Gasteiger charge is -2.18. The summed E-state index contributed by atoms with van der Waals surface area (Å²) >= 11 is 5.10. The standard InChI is InChI=1S/C10H14BrNO2S/c1-2-12(4-3-10(13)14)6-9-5-8(11)7-15-9/h5,7H,2-4,6H2,1H3,(H,13,14). The second kappa shape index (κ2) is 6.25. The summed E-state index contributed by atoms with van der Waals surface area (Å²) in [6.07, 6.45) is 0.209. The zero-order valence-corrected chi connectivity index (χ0v) is 11.0. The molecule has 0 fully saturated rings. The van der Waals surface area contributed by atoms with Crippen LogP contribution in [0.2, 0.25) is 0 Å². The fraction of sp³-hybridized carbons (Fsp3) is 0.500. The number of thiophene rings is 1. The zero-order valence-electron chi connectivity index (χ0n) is 8.57. The lowest BCUT2D eigenvalue weighted by molar-refractivity contribution is -0.137. The number of carbonyl (C=O) groups is 1. The van der Waals surface area contributed by atoms with Crippen LogP contribution in [0.15, 0.2) is 15.9 Å². The fourth-order valence-corrected chi connectivity index (χ4v) is 2.75. The predicted octanol–water partition coefficient (Wildman–Crippen LogP) is 2.81. The third-order valence-electron chi connectivity index (χ3n) is 2.09. The molecule has 3 nitrogen and oxygen atoms in total. The van der Waals surface area contributed by atoms with Gasteiger partial charge in [0.15, 0.2) is 0 Å². The van der Waals surface area contributed by atoms with Crippen LogP contribution < -0.4 is 0 Å². The Bertz CT molecular complexity index is 327. The van der Waals surface area contributed by atoms with Crippen molar-refractivity contribution in [3.63, 3.8) is 0 Å².